The van der Waals surface area contributed by atoms with Crippen LogP contribution < -0.4 is 4.90 Å². The highest BCUT2D eigenvalue weighted by molar-refractivity contribution is 9.10. The predicted molar refractivity (Wildman–Crippen MR) is 120 cm³/mol. The molecule has 1 aliphatic carbocycles. The maximum absolute atomic E-state index is 12.9. The van der Waals surface area contributed by atoms with Gasteiger partial charge >= 0.3 is 0 Å². The average Bonchev–Trinajstić information content (AvgIpc) is 3.09. The van der Waals surface area contributed by atoms with Gasteiger partial charge in [-0.05, 0) is 47.2 Å². The molecule has 5 atom stereocenters. The molecule has 30 heavy (non-hydrogen) atoms. The van der Waals surface area contributed by atoms with Gasteiger partial charge in [0.1, 0.15) is 0 Å². The molecule has 0 bridgehead atoms. The number of fused-ring (bicyclic) bond motifs is 3. The summed E-state index contributed by atoms with van der Waals surface area (Å²) in [6, 6.07) is 15.6. The van der Waals surface area contributed by atoms with Crippen LogP contribution in [0.25, 0.3) is 10.4 Å². The van der Waals surface area contributed by atoms with E-state index in [2.05, 4.69) is 50.7 Å². The average molecular weight is 467 g/mol. The van der Waals surface area contributed by atoms with E-state index >= 15 is 0 Å². The molecule has 4 rings (SSSR count). The predicted octanol–water partition coefficient (Wildman–Crippen LogP) is 5.91. The molecule has 0 radical (unpaired) electrons. The first-order valence-electron chi connectivity index (χ1n) is 9.97. The first-order chi connectivity index (χ1) is 14.6. The Morgan fingerprint density at radius 3 is 2.87 bits per heavy atom. The lowest BCUT2D eigenvalue weighted by Gasteiger charge is -2.45. The van der Waals surface area contributed by atoms with E-state index in [1.54, 1.807) is 13.0 Å². The van der Waals surface area contributed by atoms with Crippen LogP contribution in [0.5, 0.6) is 0 Å². The van der Waals surface area contributed by atoms with E-state index < -0.39 is 0 Å². The maximum Gasteiger partial charge on any atom is 0.224 e. The molecule has 1 unspecified atom stereocenters. The molecule has 154 valence electrons. The number of anilines is 1. The van der Waals surface area contributed by atoms with Gasteiger partial charge in [-0.15, -0.1) is 6.58 Å². The molecule has 1 amide bonds. The van der Waals surface area contributed by atoms with Gasteiger partial charge in [-0.1, -0.05) is 57.5 Å². The molecule has 0 saturated heterocycles. The van der Waals surface area contributed by atoms with Crippen molar-refractivity contribution in [1.29, 1.82) is 0 Å². The number of para-hydroxylation sites is 1. The van der Waals surface area contributed by atoms with E-state index in [1.807, 2.05) is 35.2 Å². The fourth-order valence-corrected chi connectivity index (χ4v) is 5.55. The normalized spacial score (nSPS) is 27.0. The highest BCUT2D eigenvalue weighted by Gasteiger charge is 2.53. The summed E-state index contributed by atoms with van der Waals surface area (Å²) in [4.78, 5) is 17.8. The topological polar surface area (TPSA) is 78.3 Å². The summed E-state index contributed by atoms with van der Waals surface area (Å²) in [5, 5.41) is 4.08. The molecular weight excluding hydrogens is 444 g/mol. The largest absolute Gasteiger partial charge is 0.373 e. The molecule has 2 aromatic carbocycles. The second kappa shape index (κ2) is 8.64. The molecule has 2 aliphatic rings. The van der Waals surface area contributed by atoms with Crippen molar-refractivity contribution in [3.63, 3.8) is 0 Å². The van der Waals surface area contributed by atoms with Crippen molar-refractivity contribution in [2.24, 2.45) is 11.0 Å². The van der Waals surface area contributed by atoms with E-state index in [4.69, 9.17) is 4.74 Å². The summed E-state index contributed by atoms with van der Waals surface area (Å²) in [6.07, 6.45) is 2.09. The van der Waals surface area contributed by atoms with Gasteiger partial charge < -0.3 is 9.64 Å². The van der Waals surface area contributed by atoms with Gasteiger partial charge in [0.25, 0.3) is 0 Å². The van der Waals surface area contributed by atoms with Crippen LogP contribution in [0.1, 0.15) is 36.4 Å². The Hall–Kier alpha value is -2.60. The quantitative estimate of drug-likeness (QED) is 0.237. The Morgan fingerprint density at radius 1 is 1.37 bits per heavy atom. The maximum atomic E-state index is 12.9. The van der Waals surface area contributed by atoms with Crippen molar-refractivity contribution in [3.05, 3.63) is 87.2 Å². The summed E-state index contributed by atoms with van der Waals surface area (Å²) in [5.74, 6) is 0.0568. The van der Waals surface area contributed by atoms with Gasteiger partial charge in [-0.2, -0.15) is 0 Å². The van der Waals surface area contributed by atoms with Gasteiger partial charge in [0, 0.05) is 27.9 Å². The van der Waals surface area contributed by atoms with Crippen molar-refractivity contribution >= 4 is 27.5 Å². The Labute approximate surface area is 184 Å². The molecule has 1 aliphatic heterocycles. The van der Waals surface area contributed by atoms with Crippen LogP contribution in [-0.2, 0) is 9.53 Å². The van der Waals surface area contributed by atoms with Gasteiger partial charge in [-0.25, -0.2) is 0 Å². The fraction of sp³-hybridized carbons (Fsp3) is 0.348. The van der Waals surface area contributed by atoms with Crippen LogP contribution in [0.3, 0.4) is 0 Å². The lowest BCUT2D eigenvalue weighted by molar-refractivity contribution is -0.117. The second-order valence-corrected chi connectivity index (χ2v) is 8.65. The molecule has 6 nitrogen and oxygen atoms in total. The number of hydrogen-bond donors (Lipinski definition) is 0. The Bertz CT molecular complexity index is 1020. The highest BCUT2D eigenvalue weighted by atomic mass is 79.9. The molecule has 0 spiro atoms. The minimum Gasteiger partial charge on any atom is -0.373 e. The fourth-order valence-electron chi connectivity index (χ4n) is 5.13. The minimum atomic E-state index is -0.306. The molecule has 1 fully saturated rings. The Balaban J connectivity index is 1.92. The number of ether oxygens (including phenoxy) is 1. The number of carbonyl (C=O) groups is 1. The Morgan fingerprint density at radius 2 is 2.17 bits per heavy atom. The van der Waals surface area contributed by atoms with Crippen LogP contribution in [-0.4, -0.2) is 24.7 Å². The van der Waals surface area contributed by atoms with Crippen LogP contribution in [0.2, 0.25) is 0 Å². The van der Waals surface area contributed by atoms with E-state index in [0.717, 1.165) is 21.3 Å². The molecule has 1 heterocycles. The van der Waals surface area contributed by atoms with Crippen molar-refractivity contribution in [3.8, 4) is 0 Å². The number of benzene rings is 2. The van der Waals surface area contributed by atoms with Gasteiger partial charge in [0.2, 0.25) is 5.91 Å². The van der Waals surface area contributed by atoms with E-state index in [0.29, 0.717) is 13.0 Å². The number of azide groups is 1. The van der Waals surface area contributed by atoms with Crippen LogP contribution in [0, 0.1) is 5.92 Å². The van der Waals surface area contributed by atoms with Crippen LogP contribution >= 0.6 is 15.9 Å². The number of nitrogens with zero attached hydrogens (tertiary/aromatic N) is 4. The summed E-state index contributed by atoms with van der Waals surface area (Å²) in [5.41, 5.74) is 12.2. The van der Waals surface area contributed by atoms with E-state index in [9.17, 15) is 10.3 Å². The molecule has 1 saturated carbocycles. The first-order valence-corrected chi connectivity index (χ1v) is 10.8. The Kier molecular flexibility index (Phi) is 5.95. The zero-order valence-corrected chi connectivity index (χ0v) is 18.3. The van der Waals surface area contributed by atoms with E-state index in [-0.39, 0.29) is 35.9 Å². The minimum absolute atomic E-state index is 0.0104. The zero-order valence-electron chi connectivity index (χ0n) is 16.7. The number of amides is 1. The van der Waals surface area contributed by atoms with Crippen molar-refractivity contribution in [1.82, 2.24) is 0 Å². The SMILES string of the molecule is C=CCO[C@H]1C(N=[N+]=[N-])C[C@@H]2[C@H]1c1ccccc1N(C(C)=O)[C@@H]2c1cccc(Br)c1. The summed E-state index contributed by atoms with van der Waals surface area (Å²) >= 11 is 3.57. The number of hydrogen-bond acceptors (Lipinski definition) is 3. The van der Waals surface area contributed by atoms with Gasteiger partial charge in [0.05, 0.1) is 24.8 Å². The molecule has 2 aromatic rings. The number of rotatable bonds is 5. The molecule has 7 heteroatoms. The monoisotopic (exact) mass is 466 g/mol. The smallest absolute Gasteiger partial charge is 0.224 e. The number of carbonyl (C=O) groups excluding carboxylic acids is 1. The zero-order chi connectivity index (χ0) is 21.3. The first kappa shape index (κ1) is 20.7. The second-order valence-electron chi connectivity index (χ2n) is 7.73. The van der Waals surface area contributed by atoms with Crippen LogP contribution in [0.15, 0.2) is 70.8 Å². The van der Waals surface area contributed by atoms with Crippen molar-refractivity contribution in [2.75, 3.05) is 11.5 Å². The number of halogens is 1. The molecular formula is C23H23BrN4O2. The highest BCUT2D eigenvalue weighted by Crippen LogP contribution is 2.57. The summed E-state index contributed by atoms with van der Waals surface area (Å²) in [6.45, 7) is 5.75. The lowest BCUT2D eigenvalue weighted by Crippen LogP contribution is -2.44. The summed E-state index contributed by atoms with van der Waals surface area (Å²) in [7, 11) is 0. The third-order valence-corrected chi connectivity index (χ3v) is 6.58. The van der Waals surface area contributed by atoms with Crippen molar-refractivity contribution < 1.29 is 9.53 Å². The third kappa shape index (κ3) is 3.54. The van der Waals surface area contributed by atoms with Crippen LogP contribution in [0.4, 0.5) is 5.69 Å². The lowest BCUT2D eigenvalue weighted by atomic mass is 9.75. The van der Waals surface area contributed by atoms with E-state index in [1.165, 1.54) is 0 Å². The van der Waals surface area contributed by atoms with Gasteiger partial charge in [0.15, 0.2) is 0 Å². The standard InChI is InChI=1S/C23H23BrN4O2/c1-3-11-30-23-19(26-27-25)13-18-21(23)17-9-4-5-10-20(17)28(14(2)29)22(18)15-7-6-8-16(24)12-15/h3-10,12,18-19,21-23H,1,11,13H2,2H3/t18-,19?,21-,22-,23+/m1/s1. The van der Waals surface area contributed by atoms with Crippen molar-refractivity contribution in [2.45, 2.75) is 37.5 Å². The molecule has 0 N–H and O–H groups in total. The molecule has 0 aromatic heterocycles. The third-order valence-electron chi connectivity index (χ3n) is 6.08. The summed E-state index contributed by atoms with van der Waals surface area (Å²) < 4.78 is 7.11. The van der Waals surface area contributed by atoms with Gasteiger partial charge in [-0.3, -0.25) is 4.79 Å².